The number of carbonyl (C=O) groups excluding carboxylic acids is 1. The van der Waals surface area contributed by atoms with Crippen molar-refractivity contribution in [3.63, 3.8) is 0 Å². The van der Waals surface area contributed by atoms with E-state index in [9.17, 15) is 9.18 Å². The minimum Gasteiger partial charge on any atom is -0.467 e. The van der Waals surface area contributed by atoms with E-state index in [1.165, 1.54) is 18.2 Å². The summed E-state index contributed by atoms with van der Waals surface area (Å²) in [4.78, 5) is 19.0. The molecule has 2 aromatic rings. The maximum absolute atomic E-state index is 14.0. The summed E-state index contributed by atoms with van der Waals surface area (Å²) in [5, 5.41) is 4.41. The summed E-state index contributed by atoms with van der Waals surface area (Å²) in [5.41, 5.74) is 0.198. The largest absolute Gasteiger partial charge is 0.467 e. The van der Waals surface area contributed by atoms with Crippen LogP contribution in [0.2, 0.25) is 5.02 Å². The molecule has 1 unspecified atom stereocenters. The van der Waals surface area contributed by atoms with E-state index >= 15 is 0 Å². The van der Waals surface area contributed by atoms with Crippen molar-refractivity contribution in [2.75, 3.05) is 39.3 Å². The SMILES string of the molecule is CC(c1noc(-c2cc(Cl)ccc2F)n1)N1CCN(CCOC=O)CC1. The predicted molar refractivity (Wildman–Crippen MR) is 93.1 cm³/mol. The molecule has 2 heterocycles. The van der Waals surface area contributed by atoms with E-state index in [0.29, 0.717) is 23.9 Å². The average Bonchev–Trinajstić information content (AvgIpc) is 3.14. The van der Waals surface area contributed by atoms with Gasteiger partial charge in [0.25, 0.3) is 12.4 Å². The highest BCUT2D eigenvalue weighted by Gasteiger charge is 2.26. The maximum Gasteiger partial charge on any atom is 0.293 e. The number of aromatic nitrogens is 2. The smallest absolute Gasteiger partial charge is 0.293 e. The third-order valence-electron chi connectivity index (χ3n) is 4.52. The highest BCUT2D eigenvalue weighted by atomic mass is 35.5. The van der Waals surface area contributed by atoms with Gasteiger partial charge in [0.05, 0.1) is 11.6 Å². The first-order valence-electron chi connectivity index (χ1n) is 8.39. The van der Waals surface area contributed by atoms with Crippen molar-refractivity contribution in [2.45, 2.75) is 13.0 Å². The fourth-order valence-corrected chi connectivity index (χ4v) is 3.11. The van der Waals surface area contributed by atoms with E-state index in [1.807, 2.05) is 6.92 Å². The van der Waals surface area contributed by atoms with Gasteiger partial charge < -0.3 is 9.26 Å². The lowest BCUT2D eigenvalue weighted by Gasteiger charge is -2.36. The molecule has 0 aliphatic carbocycles. The van der Waals surface area contributed by atoms with Crippen molar-refractivity contribution in [3.05, 3.63) is 34.9 Å². The Bertz CT molecular complexity index is 749. The van der Waals surface area contributed by atoms with Gasteiger partial charge in [0.2, 0.25) is 0 Å². The summed E-state index contributed by atoms with van der Waals surface area (Å²) < 4.78 is 23.9. The van der Waals surface area contributed by atoms with Crippen molar-refractivity contribution >= 4 is 18.1 Å². The molecule has 1 aliphatic rings. The first-order valence-corrected chi connectivity index (χ1v) is 8.77. The lowest BCUT2D eigenvalue weighted by atomic mass is 10.2. The Kier molecular flexibility index (Phi) is 6.18. The second-order valence-electron chi connectivity index (χ2n) is 6.10. The Morgan fingerprint density at radius 3 is 2.88 bits per heavy atom. The van der Waals surface area contributed by atoms with Crippen LogP contribution >= 0.6 is 11.6 Å². The molecule has 3 rings (SSSR count). The van der Waals surface area contributed by atoms with Crippen molar-refractivity contribution in [1.82, 2.24) is 19.9 Å². The highest BCUT2D eigenvalue weighted by Crippen LogP contribution is 2.27. The third-order valence-corrected chi connectivity index (χ3v) is 4.76. The number of hydrogen-bond donors (Lipinski definition) is 0. The number of carbonyl (C=O) groups is 1. The number of benzene rings is 1. The number of rotatable bonds is 7. The van der Waals surface area contributed by atoms with E-state index in [0.717, 1.165) is 32.7 Å². The first-order chi connectivity index (χ1) is 12.6. The number of halogens is 2. The van der Waals surface area contributed by atoms with Crippen molar-refractivity contribution < 1.29 is 18.4 Å². The van der Waals surface area contributed by atoms with Crippen LogP contribution in [0.25, 0.3) is 11.5 Å². The number of piperazine rings is 1. The van der Waals surface area contributed by atoms with Crippen LogP contribution in [0.4, 0.5) is 4.39 Å². The molecular weight excluding hydrogens is 363 g/mol. The Balaban J connectivity index is 1.61. The molecule has 1 aliphatic heterocycles. The van der Waals surface area contributed by atoms with E-state index < -0.39 is 5.82 Å². The molecule has 0 saturated carbocycles. The van der Waals surface area contributed by atoms with E-state index in [-0.39, 0.29) is 17.5 Å². The van der Waals surface area contributed by atoms with Gasteiger partial charge in [-0.2, -0.15) is 4.98 Å². The number of ether oxygens (including phenoxy) is 1. The third kappa shape index (κ3) is 4.38. The topological polar surface area (TPSA) is 71.7 Å². The number of hydrogen-bond acceptors (Lipinski definition) is 7. The zero-order valence-corrected chi connectivity index (χ0v) is 15.2. The van der Waals surface area contributed by atoms with E-state index in [4.69, 9.17) is 20.9 Å². The fraction of sp³-hybridized carbons (Fsp3) is 0.471. The zero-order valence-electron chi connectivity index (χ0n) is 14.4. The zero-order chi connectivity index (χ0) is 18.5. The van der Waals surface area contributed by atoms with E-state index in [1.54, 1.807) is 0 Å². The van der Waals surface area contributed by atoms with Crippen LogP contribution < -0.4 is 0 Å². The average molecular weight is 383 g/mol. The van der Waals surface area contributed by atoms with Gasteiger partial charge in [0.1, 0.15) is 12.4 Å². The Morgan fingerprint density at radius 1 is 1.38 bits per heavy atom. The van der Waals surface area contributed by atoms with Crippen LogP contribution in [0.15, 0.2) is 22.7 Å². The lowest BCUT2D eigenvalue weighted by molar-refractivity contribution is -0.129. The molecule has 0 spiro atoms. The lowest BCUT2D eigenvalue weighted by Crippen LogP contribution is -2.48. The minimum atomic E-state index is -0.455. The van der Waals surface area contributed by atoms with Crippen LogP contribution in [0.5, 0.6) is 0 Å². The second-order valence-corrected chi connectivity index (χ2v) is 6.54. The van der Waals surface area contributed by atoms with Crippen LogP contribution in [-0.2, 0) is 9.53 Å². The molecule has 1 saturated heterocycles. The van der Waals surface area contributed by atoms with Crippen molar-refractivity contribution in [1.29, 1.82) is 0 Å². The van der Waals surface area contributed by atoms with Crippen molar-refractivity contribution in [3.8, 4) is 11.5 Å². The summed E-state index contributed by atoms with van der Waals surface area (Å²) in [5.74, 6) is 0.178. The summed E-state index contributed by atoms with van der Waals surface area (Å²) in [6.07, 6.45) is 0. The van der Waals surface area contributed by atoms with Crippen LogP contribution in [0.1, 0.15) is 18.8 Å². The van der Waals surface area contributed by atoms with Gasteiger partial charge in [-0.1, -0.05) is 16.8 Å². The standard InChI is InChI=1S/C17H20ClFN4O3/c1-12(23-6-4-22(5-7-23)8-9-25-11-24)16-20-17(26-21-16)14-10-13(18)2-3-15(14)19/h2-3,10-12H,4-9H2,1H3. The van der Waals surface area contributed by atoms with Gasteiger partial charge in [0, 0.05) is 37.7 Å². The van der Waals surface area contributed by atoms with Gasteiger partial charge in [-0.15, -0.1) is 0 Å². The van der Waals surface area contributed by atoms with Crippen LogP contribution in [0, 0.1) is 5.82 Å². The normalized spacial score (nSPS) is 17.2. The molecule has 1 aromatic carbocycles. The molecule has 0 bridgehead atoms. The molecule has 1 fully saturated rings. The molecule has 1 atom stereocenters. The molecule has 0 radical (unpaired) electrons. The van der Waals surface area contributed by atoms with Gasteiger partial charge in [-0.25, -0.2) is 4.39 Å². The van der Waals surface area contributed by atoms with Crippen LogP contribution in [-0.4, -0.2) is 65.7 Å². The minimum absolute atomic E-state index is 0.0527. The second kappa shape index (κ2) is 8.57. The highest BCUT2D eigenvalue weighted by molar-refractivity contribution is 6.30. The van der Waals surface area contributed by atoms with Gasteiger partial charge >= 0.3 is 0 Å². The molecular formula is C17H20ClFN4O3. The molecule has 0 amide bonds. The van der Waals surface area contributed by atoms with Crippen molar-refractivity contribution in [2.24, 2.45) is 0 Å². The quantitative estimate of drug-likeness (QED) is 0.537. The molecule has 26 heavy (non-hydrogen) atoms. The summed E-state index contributed by atoms with van der Waals surface area (Å²) in [7, 11) is 0. The Hall–Kier alpha value is -2.03. The Labute approximate surface area is 155 Å². The van der Waals surface area contributed by atoms with Gasteiger partial charge in [-0.05, 0) is 25.1 Å². The summed E-state index contributed by atoms with van der Waals surface area (Å²) in [6.45, 7) is 6.97. The predicted octanol–water partition coefficient (Wildman–Crippen LogP) is 2.38. The van der Waals surface area contributed by atoms with Gasteiger partial charge in [0.15, 0.2) is 5.82 Å². The fourth-order valence-electron chi connectivity index (χ4n) is 2.94. The monoisotopic (exact) mass is 382 g/mol. The molecule has 9 heteroatoms. The number of nitrogens with zero attached hydrogens (tertiary/aromatic N) is 4. The first kappa shape index (κ1) is 18.8. The molecule has 7 nitrogen and oxygen atoms in total. The summed E-state index contributed by atoms with van der Waals surface area (Å²) >= 11 is 5.92. The van der Waals surface area contributed by atoms with Crippen LogP contribution in [0.3, 0.4) is 0 Å². The molecule has 1 aromatic heterocycles. The molecule has 140 valence electrons. The van der Waals surface area contributed by atoms with E-state index in [2.05, 4.69) is 19.9 Å². The van der Waals surface area contributed by atoms with Gasteiger partial charge in [-0.3, -0.25) is 14.6 Å². The summed E-state index contributed by atoms with van der Waals surface area (Å²) in [6, 6.07) is 4.17. The maximum atomic E-state index is 14.0. The Morgan fingerprint density at radius 2 is 2.15 bits per heavy atom. The molecule has 0 N–H and O–H groups in total.